The van der Waals surface area contributed by atoms with Crippen LogP contribution in [0.5, 0.6) is 0 Å². The van der Waals surface area contributed by atoms with Crippen molar-refractivity contribution in [1.29, 1.82) is 0 Å². The third kappa shape index (κ3) is 4.43. The van der Waals surface area contributed by atoms with Gasteiger partial charge in [0.1, 0.15) is 6.04 Å². The molecule has 0 aromatic heterocycles. The van der Waals surface area contributed by atoms with Crippen LogP contribution in [0, 0.1) is 6.92 Å². The van der Waals surface area contributed by atoms with Gasteiger partial charge < -0.3 is 15.5 Å². The van der Waals surface area contributed by atoms with Crippen LogP contribution in [0.15, 0.2) is 24.3 Å². The first kappa shape index (κ1) is 15.8. The van der Waals surface area contributed by atoms with Gasteiger partial charge in [0.05, 0.1) is 0 Å². The van der Waals surface area contributed by atoms with Crippen LogP contribution in [0.25, 0.3) is 0 Å². The van der Waals surface area contributed by atoms with Crippen molar-refractivity contribution in [3.8, 4) is 0 Å². The van der Waals surface area contributed by atoms with E-state index in [1.54, 1.807) is 0 Å². The van der Waals surface area contributed by atoms with Gasteiger partial charge in [-0.3, -0.25) is 4.79 Å². The fourth-order valence-corrected chi connectivity index (χ4v) is 2.56. The molecule has 0 bridgehead atoms. The number of likely N-dealkylation sites (N-methyl/N-ethyl adjacent to an activating group) is 1. The van der Waals surface area contributed by atoms with Crippen LogP contribution in [0.1, 0.15) is 32.3 Å². The van der Waals surface area contributed by atoms with Crippen LogP contribution < -0.4 is 10.6 Å². The molecule has 1 saturated carbocycles. The summed E-state index contributed by atoms with van der Waals surface area (Å²) in [6, 6.07) is 8.00. The highest BCUT2D eigenvalue weighted by Crippen LogP contribution is 2.19. The monoisotopic (exact) mass is 305 g/mol. The van der Waals surface area contributed by atoms with Crippen LogP contribution in [0.3, 0.4) is 0 Å². The summed E-state index contributed by atoms with van der Waals surface area (Å²) in [4.78, 5) is 14.3. The minimum atomic E-state index is -0.296. The molecular weight excluding hydrogens is 282 g/mol. The summed E-state index contributed by atoms with van der Waals surface area (Å²) in [5, 5.41) is 6.90. The Hall–Kier alpha value is -1.62. The normalized spacial score (nSPS) is 15.2. The Balaban J connectivity index is 1.95. The summed E-state index contributed by atoms with van der Waals surface area (Å²) in [7, 11) is 0. The first-order chi connectivity index (χ1) is 10.0. The topological polar surface area (TPSA) is 44.4 Å². The first-order valence-electron chi connectivity index (χ1n) is 7.46. The lowest BCUT2D eigenvalue weighted by molar-refractivity contribution is -0.119. The number of aryl methyl sites for hydroxylation is 1. The maximum atomic E-state index is 12.4. The standard InChI is InChI=1S/C16H23N3OS/c1-4-19(16(21)18-14-9-10-14)12(3)15(20)17-13-7-5-11(2)6-8-13/h5-8,12,14H,4,9-10H2,1-3H3,(H,17,20)(H,18,21)/t12-/m0/s1. The number of carbonyl (C=O) groups is 1. The Labute approximate surface area is 131 Å². The SMILES string of the molecule is CCN(C(=S)NC1CC1)[C@@H](C)C(=O)Nc1ccc(C)cc1. The van der Waals surface area contributed by atoms with Crippen LogP contribution in [-0.4, -0.2) is 34.5 Å². The van der Waals surface area contributed by atoms with Gasteiger partial charge in [0.15, 0.2) is 5.11 Å². The molecule has 4 nitrogen and oxygen atoms in total. The average Bonchev–Trinajstić information content (AvgIpc) is 3.25. The van der Waals surface area contributed by atoms with Gasteiger partial charge in [-0.25, -0.2) is 0 Å². The minimum absolute atomic E-state index is 0.0411. The molecule has 0 unspecified atom stereocenters. The Bertz CT molecular complexity index is 511. The number of amides is 1. The number of benzene rings is 1. The van der Waals surface area contributed by atoms with Crippen LogP contribution in [-0.2, 0) is 4.79 Å². The number of thiocarbonyl (C=S) groups is 1. The van der Waals surface area contributed by atoms with Crippen LogP contribution >= 0.6 is 12.2 Å². The number of nitrogens with one attached hydrogen (secondary N) is 2. The summed E-state index contributed by atoms with van der Waals surface area (Å²) in [5.74, 6) is -0.0411. The van der Waals surface area contributed by atoms with E-state index in [-0.39, 0.29) is 11.9 Å². The molecular formula is C16H23N3OS. The molecule has 5 heteroatoms. The highest BCUT2D eigenvalue weighted by atomic mass is 32.1. The quantitative estimate of drug-likeness (QED) is 0.821. The summed E-state index contributed by atoms with van der Waals surface area (Å²) in [5.41, 5.74) is 1.99. The van der Waals surface area contributed by atoms with Gasteiger partial charge in [0, 0.05) is 18.3 Å². The molecule has 0 heterocycles. The molecule has 0 spiro atoms. The van der Waals surface area contributed by atoms with E-state index in [1.807, 2.05) is 49.9 Å². The molecule has 2 N–H and O–H groups in total. The molecule has 1 aromatic rings. The van der Waals surface area contributed by atoms with Crippen molar-refractivity contribution < 1.29 is 4.79 Å². The van der Waals surface area contributed by atoms with Crippen molar-refractivity contribution in [2.45, 2.75) is 45.7 Å². The first-order valence-corrected chi connectivity index (χ1v) is 7.86. The van der Waals surface area contributed by atoms with Gasteiger partial charge in [-0.1, -0.05) is 17.7 Å². The number of hydrogen-bond acceptors (Lipinski definition) is 2. The molecule has 0 radical (unpaired) electrons. The highest BCUT2D eigenvalue weighted by Gasteiger charge is 2.27. The number of nitrogens with zero attached hydrogens (tertiary/aromatic N) is 1. The number of hydrogen-bond donors (Lipinski definition) is 2. The molecule has 1 fully saturated rings. The second-order valence-electron chi connectivity index (χ2n) is 5.54. The molecule has 0 aliphatic heterocycles. The molecule has 2 rings (SSSR count). The summed E-state index contributed by atoms with van der Waals surface area (Å²) in [6.07, 6.45) is 2.34. The molecule has 1 atom stereocenters. The van der Waals surface area contributed by atoms with Gasteiger partial charge in [0.2, 0.25) is 5.91 Å². The Morgan fingerprint density at radius 3 is 2.52 bits per heavy atom. The van der Waals surface area contributed by atoms with Crippen LogP contribution in [0.4, 0.5) is 5.69 Å². The van der Waals surface area contributed by atoms with Crippen molar-refractivity contribution in [2.75, 3.05) is 11.9 Å². The van der Waals surface area contributed by atoms with E-state index < -0.39 is 0 Å². The predicted octanol–water partition coefficient (Wildman–Crippen LogP) is 2.68. The van der Waals surface area contributed by atoms with E-state index in [4.69, 9.17) is 12.2 Å². The van der Waals surface area contributed by atoms with E-state index in [0.717, 1.165) is 5.69 Å². The van der Waals surface area contributed by atoms with Gasteiger partial charge in [-0.15, -0.1) is 0 Å². The van der Waals surface area contributed by atoms with E-state index in [1.165, 1.54) is 18.4 Å². The van der Waals surface area contributed by atoms with Crippen LogP contribution in [0.2, 0.25) is 0 Å². The maximum Gasteiger partial charge on any atom is 0.246 e. The highest BCUT2D eigenvalue weighted by molar-refractivity contribution is 7.80. The van der Waals surface area contributed by atoms with Crippen molar-refractivity contribution in [3.05, 3.63) is 29.8 Å². The Morgan fingerprint density at radius 2 is 2.00 bits per heavy atom. The van der Waals surface area contributed by atoms with E-state index in [9.17, 15) is 4.79 Å². The fraction of sp³-hybridized carbons (Fsp3) is 0.500. The van der Waals surface area contributed by atoms with Crippen molar-refractivity contribution in [3.63, 3.8) is 0 Å². The van der Waals surface area contributed by atoms with E-state index in [2.05, 4.69) is 10.6 Å². The lowest BCUT2D eigenvalue weighted by Crippen LogP contribution is -2.50. The summed E-state index contributed by atoms with van der Waals surface area (Å²) < 4.78 is 0. The number of carbonyl (C=O) groups excluding carboxylic acids is 1. The second kappa shape index (κ2) is 6.89. The van der Waals surface area contributed by atoms with E-state index >= 15 is 0 Å². The Morgan fingerprint density at radius 1 is 1.38 bits per heavy atom. The number of rotatable bonds is 5. The molecule has 21 heavy (non-hydrogen) atoms. The predicted molar refractivity (Wildman–Crippen MR) is 90.4 cm³/mol. The summed E-state index contributed by atoms with van der Waals surface area (Å²) in [6.45, 7) is 6.63. The lowest BCUT2D eigenvalue weighted by atomic mass is 10.2. The third-order valence-corrected chi connectivity index (χ3v) is 4.02. The zero-order chi connectivity index (χ0) is 15.4. The van der Waals surface area contributed by atoms with Gasteiger partial charge >= 0.3 is 0 Å². The zero-order valence-electron chi connectivity index (χ0n) is 12.8. The van der Waals surface area contributed by atoms with Gasteiger partial charge in [-0.05, 0) is 58.0 Å². The smallest absolute Gasteiger partial charge is 0.246 e. The fourth-order valence-electron chi connectivity index (χ4n) is 2.10. The van der Waals surface area contributed by atoms with Gasteiger partial charge in [0.25, 0.3) is 0 Å². The molecule has 1 amide bonds. The van der Waals surface area contributed by atoms with Crippen molar-refractivity contribution in [1.82, 2.24) is 10.2 Å². The Kier molecular flexibility index (Phi) is 5.17. The third-order valence-electron chi connectivity index (χ3n) is 3.67. The van der Waals surface area contributed by atoms with E-state index in [0.29, 0.717) is 17.7 Å². The average molecular weight is 305 g/mol. The molecule has 1 aliphatic carbocycles. The molecule has 1 aromatic carbocycles. The largest absolute Gasteiger partial charge is 0.360 e. The summed E-state index contributed by atoms with van der Waals surface area (Å²) >= 11 is 5.40. The minimum Gasteiger partial charge on any atom is -0.360 e. The zero-order valence-corrected chi connectivity index (χ0v) is 13.7. The second-order valence-corrected chi connectivity index (χ2v) is 5.93. The molecule has 114 valence electrons. The van der Waals surface area contributed by atoms with Gasteiger partial charge in [-0.2, -0.15) is 0 Å². The number of anilines is 1. The van der Waals surface area contributed by atoms with Crippen molar-refractivity contribution in [2.24, 2.45) is 0 Å². The van der Waals surface area contributed by atoms with Crippen molar-refractivity contribution >= 4 is 28.9 Å². The lowest BCUT2D eigenvalue weighted by Gasteiger charge is -2.29. The molecule has 0 saturated heterocycles. The maximum absolute atomic E-state index is 12.4. The molecule has 1 aliphatic rings.